The maximum atomic E-state index is 6.62. The Morgan fingerprint density at radius 1 is 0.530 bits per heavy atom. The minimum absolute atomic E-state index is 0. The number of pyridine rings is 1. The van der Waals surface area contributed by atoms with Crippen LogP contribution in [0, 0.1) is 18.5 Å². The minimum Gasteiger partial charge on any atom is -0.510 e. The molecule has 0 atom stereocenters. The standard InChI is InChI=1S/C60H52N4O.Pt/c1-58(2,3)46-26-29-55-54(37-46)53-28-27-52(40-56(53)64(55)57-38-47(30-31-61-57)59(4,5)44-20-13-9-14-21-44)65-51-25-17-24-49(39-51)62-32-33-63(41-62)50-35-43(42-18-11-8-12-19-42)34-48(36-50)60(6,7)45-22-15-10-16-23-45;/h8-38H,1-7H3;/q-2;. The Balaban J connectivity index is 0.00000548. The van der Waals surface area contributed by atoms with Gasteiger partial charge in [-0.1, -0.05) is 163 Å². The van der Waals surface area contributed by atoms with Crippen LogP contribution in [-0.2, 0) is 37.3 Å². The molecule has 0 radical (unpaired) electrons. The summed E-state index contributed by atoms with van der Waals surface area (Å²) in [6.45, 7) is 15.9. The van der Waals surface area contributed by atoms with Crippen molar-refractivity contribution in [2.24, 2.45) is 0 Å². The molecule has 0 bridgehead atoms. The molecule has 0 spiro atoms. The number of ether oxygens (including phenoxy) is 1. The molecule has 7 aromatic carbocycles. The number of hydrogen-bond acceptors (Lipinski definition) is 2. The van der Waals surface area contributed by atoms with E-state index in [1.807, 2.05) is 52.0 Å². The van der Waals surface area contributed by atoms with Crippen molar-refractivity contribution in [1.29, 1.82) is 0 Å². The Labute approximate surface area is 403 Å². The van der Waals surface area contributed by atoms with Crippen molar-refractivity contribution in [3.05, 3.63) is 235 Å². The molecule has 5 nitrogen and oxygen atoms in total. The second-order valence-corrected chi connectivity index (χ2v) is 19.1. The molecule has 0 aliphatic heterocycles. The first-order valence-corrected chi connectivity index (χ1v) is 22.4. The van der Waals surface area contributed by atoms with E-state index in [9.17, 15) is 0 Å². The third-order valence-electron chi connectivity index (χ3n) is 13.0. The summed E-state index contributed by atoms with van der Waals surface area (Å²) in [5, 5.41) is 2.24. The van der Waals surface area contributed by atoms with Crippen LogP contribution in [0.15, 0.2) is 188 Å². The van der Waals surface area contributed by atoms with Crippen LogP contribution in [0.25, 0.3) is 50.1 Å². The van der Waals surface area contributed by atoms with Crippen molar-refractivity contribution in [3.8, 4) is 39.8 Å². The van der Waals surface area contributed by atoms with Crippen LogP contribution >= 0.6 is 0 Å². The predicted molar refractivity (Wildman–Crippen MR) is 264 cm³/mol. The fourth-order valence-corrected chi connectivity index (χ4v) is 8.92. The van der Waals surface area contributed by atoms with Gasteiger partial charge in [0.15, 0.2) is 0 Å². The molecule has 0 aliphatic rings. The summed E-state index contributed by atoms with van der Waals surface area (Å²) in [5.74, 6) is 2.00. The number of benzene rings is 7. The second-order valence-electron chi connectivity index (χ2n) is 19.1. The molecular weight excluding hydrogens is 988 g/mol. The van der Waals surface area contributed by atoms with Crippen LogP contribution in [0.4, 0.5) is 0 Å². The summed E-state index contributed by atoms with van der Waals surface area (Å²) in [4.78, 5) is 4.98. The normalized spacial score (nSPS) is 12.0. The van der Waals surface area contributed by atoms with Gasteiger partial charge in [0, 0.05) is 67.5 Å². The van der Waals surface area contributed by atoms with E-state index in [1.165, 1.54) is 33.4 Å². The van der Waals surface area contributed by atoms with Crippen LogP contribution in [-0.4, -0.2) is 14.1 Å². The van der Waals surface area contributed by atoms with E-state index in [1.54, 1.807) is 0 Å². The van der Waals surface area contributed by atoms with E-state index in [4.69, 9.17) is 9.72 Å². The first-order valence-electron chi connectivity index (χ1n) is 22.4. The minimum atomic E-state index is -0.235. The summed E-state index contributed by atoms with van der Waals surface area (Å²) in [6, 6.07) is 67.1. The van der Waals surface area contributed by atoms with E-state index in [0.717, 1.165) is 44.6 Å². The van der Waals surface area contributed by atoms with Crippen LogP contribution in [0.5, 0.6) is 11.5 Å². The molecule has 3 aromatic heterocycles. The zero-order valence-electron chi connectivity index (χ0n) is 38.4. The van der Waals surface area contributed by atoms with Crippen molar-refractivity contribution >= 4 is 21.8 Å². The number of imidazole rings is 1. The second kappa shape index (κ2) is 17.5. The quantitative estimate of drug-likeness (QED) is 0.101. The summed E-state index contributed by atoms with van der Waals surface area (Å²) < 4.78 is 12.9. The summed E-state index contributed by atoms with van der Waals surface area (Å²) in [7, 11) is 0. The largest absolute Gasteiger partial charge is 0.510 e. The molecule has 0 N–H and O–H groups in total. The molecule has 330 valence electrons. The summed E-state index contributed by atoms with van der Waals surface area (Å²) in [6.07, 6.45) is 9.54. The van der Waals surface area contributed by atoms with Crippen molar-refractivity contribution in [2.45, 2.75) is 64.7 Å². The van der Waals surface area contributed by atoms with Crippen molar-refractivity contribution in [1.82, 2.24) is 14.1 Å². The number of nitrogens with zero attached hydrogens (tertiary/aromatic N) is 4. The number of aromatic nitrogens is 4. The summed E-state index contributed by atoms with van der Waals surface area (Å²) in [5.41, 5.74) is 11.8. The van der Waals surface area contributed by atoms with Gasteiger partial charge in [-0.3, -0.25) is 4.57 Å². The van der Waals surface area contributed by atoms with Crippen molar-refractivity contribution in [2.75, 3.05) is 0 Å². The van der Waals surface area contributed by atoms with E-state index >= 15 is 0 Å². The van der Waals surface area contributed by atoms with E-state index in [2.05, 4.69) is 217 Å². The van der Waals surface area contributed by atoms with Gasteiger partial charge < -0.3 is 13.9 Å². The van der Waals surface area contributed by atoms with Gasteiger partial charge in [0.05, 0.1) is 5.69 Å². The van der Waals surface area contributed by atoms with Crippen LogP contribution < -0.4 is 9.30 Å². The predicted octanol–water partition coefficient (Wildman–Crippen LogP) is 14.1. The molecule has 3 heterocycles. The SMILES string of the molecule is CC(C)(C)c1ccc2c(c1)c1ccc(Oc3[c-]c(-n4[c-][n+](-c5cc(-c6ccccc6)cc(C(C)(C)c6ccccc6)c5)cc4)ccc3)[c-]c1n2-c1cc(C(C)(C)c2ccccc2)ccn1.[Pt]. The van der Waals surface area contributed by atoms with Gasteiger partial charge in [0.1, 0.15) is 5.82 Å². The van der Waals surface area contributed by atoms with E-state index in [-0.39, 0.29) is 37.3 Å². The molecule has 10 rings (SSSR count). The molecule has 66 heavy (non-hydrogen) atoms. The van der Waals surface area contributed by atoms with E-state index in [0.29, 0.717) is 11.5 Å². The van der Waals surface area contributed by atoms with Gasteiger partial charge in [0.25, 0.3) is 6.33 Å². The number of rotatable bonds is 10. The number of fused-ring (bicyclic) bond motifs is 3. The van der Waals surface area contributed by atoms with Crippen LogP contribution in [0.1, 0.15) is 76.3 Å². The zero-order chi connectivity index (χ0) is 44.9. The molecule has 0 fully saturated rings. The molecule has 0 unspecified atom stereocenters. The number of hydrogen-bond donors (Lipinski definition) is 0. The third kappa shape index (κ3) is 8.45. The Morgan fingerprint density at radius 3 is 1.89 bits per heavy atom. The molecular formula is C60H52N4OPt-2. The van der Waals surface area contributed by atoms with Gasteiger partial charge in [-0.2, -0.15) is 18.2 Å². The van der Waals surface area contributed by atoms with Gasteiger partial charge in [-0.15, -0.1) is 29.7 Å². The van der Waals surface area contributed by atoms with E-state index < -0.39 is 0 Å². The Bertz CT molecular complexity index is 3320. The van der Waals surface area contributed by atoms with Crippen LogP contribution in [0.2, 0.25) is 0 Å². The molecule has 0 saturated carbocycles. The average molecular weight is 1040 g/mol. The maximum absolute atomic E-state index is 6.62. The van der Waals surface area contributed by atoms with Crippen LogP contribution in [0.3, 0.4) is 0 Å². The topological polar surface area (TPSA) is 35.9 Å². The molecule has 0 aliphatic carbocycles. The molecule has 10 aromatic rings. The zero-order valence-corrected chi connectivity index (χ0v) is 40.7. The monoisotopic (exact) mass is 1040 g/mol. The fraction of sp³-hybridized carbons (Fsp3) is 0.167. The van der Waals surface area contributed by atoms with Gasteiger partial charge in [-0.25, -0.2) is 4.98 Å². The maximum Gasteiger partial charge on any atom is 0.267 e. The molecule has 0 amide bonds. The smallest absolute Gasteiger partial charge is 0.267 e. The fourth-order valence-electron chi connectivity index (χ4n) is 8.92. The molecule has 0 saturated heterocycles. The van der Waals surface area contributed by atoms with Gasteiger partial charge >= 0.3 is 0 Å². The first kappa shape index (κ1) is 44.4. The Hall–Kier alpha value is -6.81. The van der Waals surface area contributed by atoms with Crippen molar-refractivity contribution in [3.63, 3.8) is 0 Å². The van der Waals surface area contributed by atoms with Gasteiger partial charge in [0.2, 0.25) is 0 Å². The Morgan fingerprint density at radius 2 is 1.20 bits per heavy atom. The summed E-state index contributed by atoms with van der Waals surface area (Å²) >= 11 is 0. The van der Waals surface area contributed by atoms with Crippen molar-refractivity contribution < 1.29 is 30.4 Å². The Kier molecular flexibility index (Phi) is 11.8. The third-order valence-corrected chi connectivity index (χ3v) is 13.0. The average Bonchev–Trinajstić information content (AvgIpc) is 3.96. The molecule has 6 heteroatoms. The first-order chi connectivity index (χ1) is 31.3. The van der Waals surface area contributed by atoms with Gasteiger partial charge in [-0.05, 0) is 85.8 Å².